The smallest absolute Gasteiger partial charge is 0.0473 e. The zero-order chi connectivity index (χ0) is 11.3. The molecule has 0 aromatic heterocycles. The lowest BCUT2D eigenvalue weighted by molar-refractivity contribution is 0.205. The Labute approximate surface area is 96.9 Å². The van der Waals surface area contributed by atoms with Gasteiger partial charge in [-0.2, -0.15) is 0 Å². The standard InChI is InChI=1S/C12H25NOS/c1-4-5-6-7-8-13-9-10-15(14)12(3)11(13)2/h11-12H,4-10H2,1-3H3/t11-,12-,15+/m1/s1. The van der Waals surface area contributed by atoms with Crippen molar-refractivity contribution < 1.29 is 4.21 Å². The molecule has 0 N–H and O–H groups in total. The summed E-state index contributed by atoms with van der Waals surface area (Å²) in [6.45, 7) is 8.82. The topological polar surface area (TPSA) is 20.3 Å². The van der Waals surface area contributed by atoms with Crippen molar-refractivity contribution in [1.29, 1.82) is 0 Å². The summed E-state index contributed by atoms with van der Waals surface area (Å²) in [5, 5.41) is 0.352. The first-order valence-electron chi connectivity index (χ1n) is 6.28. The van der Waals surface area contributed by atoms with Gasteiger partial charge in [-0.3, -0.25) is 9.11 Å². The fourth-order valence-electron chi connectivity index (χ4n) is 2.17. The van der Waals surface area contributed by atoms with Gasteiger partial charge in [0.2, 0.25) is 0 Å². The van der Waals surface area contributed by atoms with Crippen LogP contribution in [0.4, 0.5) is 0 Å². The van der Waals surface area contributed by atoms with Crippen LogP contribution in [-0.4, -0.2) is 39.2 Å². The highest BCUT2D eigenvalue weighted by Gasteiger charge is 2.29. The molecule has 0 spiro atoms. The van der Waals surface area contributed by atoms with E-state index in [1.807, 2.05) is 0 Å². The van der Waals surface area contributed by atoms with Crippen molar-refractivity contribution in [3.05, 3.63) is 0 Å². The Kier molecular flexibility index (Phi) is 5.83. The summed E-state index contributed by atoms with van der Waals surface area (Å²) in [6.07, 6.45) is 5.30. The lowest BCUT2D eigenvalue weighted by Crippen LogP contribution is -2.49. The molecule has 0 aromatic carbocycles. The maximum atomic E-state index is 11.6. The highest BCUT2D eigenvalue weighted by molar-refractivity contribution is 7.85. The zero-order valence-corrected chi connectivity index (χ0v) is 11.2. The molecule has 0 unspecified atom stereocenters. The van der Waals surface area contributed by atoms with Gasteiger partial charge in [0, 0.05) is 34.4 Å². The molecular weight excluding hydrogens is 206 g/mol. The Hall–Kier alpha value is 0.110. The van der Waals surface area contributed by atoms with Crippen LogP contribution in [0, 0.1) is 0 Å². The fourth-order valence-corrected chi connectivity index (χ4v) is 3.57. The lowest BCUT2D eigenvalue weighted by atomic mass is 10.1. The summed E-state index contributed by atoms with van der Waals surface area (Å²) in [6, 6.07) is 0.501. The number of hydrogen-bond donors (Lipinski definition) is 0. The molecule has 90 valence electrons. The molecule has 3 heteroatoms. The van der Waals surface area contributed by atoms with Gasteiger partial charge >= 0.3 is 0 Å². The van der Waals surface area contributed by atoms with E-state index in [0.29, 0.717) is 11.3 Å². The van der Waals surface area contributed by atoms with Gasteiger partial charge in [-0.1, -0.05) is 26.2 Å². The largest absolute Gasteiger partial charge is 0.299 e. The van der Waals surface area contributed by atoms with Crippen molar-refractivity contribution in [3.8, 4) is 0 Å². The van der Waals surface area contributed by atoms with E-state index in [1.165, 1.54) is 32.2 Å². The SMILES string of the molecule is CCCCCCN1CC[S@](=O)[C@H](C)[C@H]1C. The molecule has 15 heavy (non-hydrogen) atoms. The number of unbranched alkanes of at least 4 members (excludes halogenated alkanes) is 3. The average Bonchev–Trinajstić information content (AvgIpc) is 2.24. The number of rotatable bonds is 5. The maximum Gasteiger partial charge on any atom is 0.0473 e. The van der Waals surface area contributed by atoms with Crippen LogP contribution < -0.4 is 0 Å². The van der Waals surface area contributed by atoms with E-state index in [2.05, 4.69) is 25.7 Å². The molecule has 0 bridgehead atoms. The van der Waals surface area contributed by atoms with Gasteiger partial charge in [0.1, 0.15) is 0 Å². The number of nitrogens with zero attached hydrogens (tertiary/aromatic N) is 1. The second-order valence-corrected chi connectivity index (χ2v) is 6.54. The van der Waals surface area contributed by atoms with Gasteiger partial charge in [-0.25, -0.2) is 0 Å². The Balaban J connectivity index is 2.26. The van der Waals surface area contributed by atoms with E-state index in [-0.39, 0.29) is 0 Å². The molecule has 1 rings (SSSR count). The zero-order valence-electron chi connectivity index (χ0n) is 10.4. The summed E-state index contributed by atoms with van der Waals surface area (Å²) in [4.78, 5) is 2.52. The van der Waals surface area contributed by atoms with Gasteiger partial charge in [0.15, 0.2) is 0 Å². The van der Waals surface area contributed by atoms with E-state index in [4.69, 9.17) is 0 Å². The van der Waals surface area contributed by atoms with Crippen molar-refractivity contribution in [3.63, 3.8) is 0 Å². The van der Waals surface area contributed by atoms with Crippen molar-refractivity contribution in [2.45, 2.75) is 57.7 Å². The van der Waals surface area contributed by atoms with Gasteiger partial charge in [0.05, 0.1) is 0 Å². The van der Waals surface area contributed by atoms with Crippen LogP contribution in [0.3, 0.4) is 0 Å². The molecule has 1 aliphatic rings. The Bertz CT molecular complexity index is 208. The normalized spacial score (nSPS) is 33.1. The van der Waals surface area contributed by atoms with Crippen molar-refractivity contribution >= 4 is 10.8 Å². The summed E-state index contributed by atoms with van der Waals surface area (Å²) in [7, 11) is -0.586. The molecule has 0 radical (unpaired) electrons. The predicted octanol–water partition coefficient (Wildman–Crippen LogP) is 2.41. The second-order valence-electron chi connectivity index (χ2n) is 4.63. The molecule has 2 nitrogen and oxygen atoms in total. The molecule has 0 aliphatic carbocycles. The van der Waals surface area contributed by atoms with Crippen LogP contribution in [0.2, 0.25) is 0 Å². The van der Waals surface area contributed by atoms with Crippen LogP contribution in [-0.2, 0) is 10.8 Å². The van der Waals surface area contributed by atoms with Crippen molar-refractivity contribution in [1.82, 2.24) is 4.90 Å². The Morgan fingerprint density at radius 3 is 2.67 bits per heavy atom. The fraction of sp³-hybridized carbons (Fsp3) is 1.00. The summed E-state index contributed by atoms with van der Waals surface area (Å²) >= 11 is 0. The minimum atomic E-state index is -0.586. The van der Waals surface area contributed by atoms with Crippen LogP contribution in [0.25, 0.3) is 0 Å². The first kappa shape index (κ1) is 13.2. The third-order valence-electron chi connectivity index (χ3n) is 3.55. The van der Waals surface area contributed by atoms with E-state index in [1.54, 1.807) is 0 Å². The highest BCUT2D eigenvalue weighted by atomic mass is 32.2. The monoisotopic (exact) mass is 231 g/mol. The first-order chi connectivity index (χ1) is 7.16. The maximum absolute atomic E-state index is 11.6. The third-order valence-corrected chi connectivity index (χ3v) is 5.36. The van der Waals surface area contributed by atoms with E-state index < -0.39 is 10.8 Å². The molecule has 1 heterocycles. The van der Waals surface area contributed by atoms with Gasteiger partial charge in [-0.15, -0.1) is 0 Å². The lowest BCUT2D eigenvalue weighted by Gasteiger charge is -2.37. The molecule has 1 fully saturated rings. The molecule has 1 saturated heterocycles. The molecule has 0 aromatic rings. The van der Waals surface area contributed by atoms with Crippen LogP contribution in [0.15, 0.2) is 0 Å². The Morgan fingerprint density at radius 2 is 2.00 bits per heavy atom. The van der Waals surface area contributed by atoms with Crippen LogP contribution in [0.1, 0.15) is 46.5 Å². The number of hydrogen-bond acceptors (Lipinski definition) is 2. The van der Waals surface area contributed by atoms with E-state index in [0.717, 1.165) is 12.3 Å². The first-order valence-corrected chi connectivity index (χ1v) is 7.66. The van der Waals surface area contributed by atoms with E-state index >= 15 is 0 Å². The minimum Gasteiger partial charge on any atom is -0.299 e. The molecular formula is C12H25NOS. The van der Waals surface area contributed by atoms with E-state index in [9.17, 15) is 4.21 Å². The van der Waals surface area contributed by atoms with Crippen LogP contribution >= 0.6 is 0 Å². The molecule has 3 atom stereocenters. The van der Waals surface area contributed by atoms with Gasteiger partial charge in [-0.05, 0) is 26.8 Å². The minimum absolute atomic E-state index is 0.352. The Morgan fingerprint density at radius 1 is 1.27 bits per heavy atom. The molecule has 1 aliphatic heterocycles. The molecule has 0 saturated carbocycles. The van der Waals surface area contributed by atoms with Crippen molar-refractivity contribution in [2.75, 3.05) is 18.8 Å². The van der Waals surface area contributed by atoms with Gasteiger partial charge < -0.3 is 0 Å². The summed E-state index contributed by atoms with van der Waals surface area (Å²) in [5.41, 5.74) is 0. The summed E-state index contributed by atoms with van der Waals surface area (Å²) in [5.74, 6) is 0.874. The second kappa shape index (κ2) is 6.64. The molecule has 0 amide bonds. The quantitative estimate of drug-likeness (QED) is 0.677. The van der Waals surface area contributed by atoms with Gasteiger partial charge in [0.25, 0.3) is 0 Å². The third kappa shape index (κ3) is 3.87. The van der Waals surface area contributed by atoms with Crippen molar-refractivity contribution in [2.24, 2.45) is 0 Å². The predicted molar refractivity (Wildman–Crippen MR) is 67.6 cm³/mol. The highest BCUT2D eigenvalue weighted by Crippen LogP contribution is 2.17. The summed E-state index contributed by atoms with van der Waals surface area (Å²) < 4.78 is 11.6. The average molecular weight is 231 g/mol. The van der Waals surface area contributed by atoms with Crippen LogP contribution in [0.5, 0.6) is 0 Å².